The topological polar surface area (TPSA) is 69.7 Å². The fraction of sp³-hybridized carbons (Fsp3) is 0.409. The number of carbonyl (C=O) groups is 1. The van der Waals surface area contributed by atoms with Gasteiger partial charge in [0.2, 0.25) is 10.0 Å². The second kappa shape index (κ2) is 11.0. The highest BCUT2D eigenvalue weighted by molar-refractivity contribution is 9.10. The quantitative estimate of drug-likeness (QED) is 0.548. The van der Waals surface area contributed by atoms with Crippen LogP contribution >= 0.6 is 15.9 Å². The second-order valence-electron chi connectivity index (χ2n) is 7.21. The zero-order valence-corrected chi connectivity index (χ0v) is 20.3. The first kappa shape index (κ1) is 24.5. The number of benzene rings is 2. The lowest BCUT2D eigenvalue weighted by molar-refractivity contribution is 0.0934. The molecular weight excluding hydrogens is 466 g/mol. The van der Waals surface area contributed by atoms with Crippen molar-refractivity contribution in [3.8, 4) is 0 Å². The van der Waals surface area contributed by atoms with E-state index in [1.54, 1.807) is 12.1 Å². The van der Waals surface area contributed by atoms with Gasteiger partial charge in [0.05, 0.1) is 4.90 Å². The van der Waals surface area contributed by atoms with Crippen molar-refractivity contribution in [2.45, 2.75) is 31.2 Å². The van der Waals surface area contributed by atoms with Gasteiger partial charge in [-0.2, -0.15) is 0 Å². The summed E-state index contributed by atoms with van der Waals surface area (Å²) in [7, 11) is -0.729. The van der Waals surface area contributed by atoms with Gasteiger partial charge in [0, 0.05) is 36.7 Å². The van der Waals surface area contributed by atoms with Crippen molar-refractivity contribution in [1.29, 1.82) is 0 Å². The molecule has 8 heteroatoms. The van der Waals surface area contributed by atoms with Gasteiger partial charge in [-0.3, -0.25) is 9.69 Å². The lowest BCUT2D eigenvalue weighted by Gasteiger charge is -2.30. The van der Waals surface area contributed by atoms with Gasteiger partial charge < -0.3 is 5.32 Å². The van der Waals surface area contributed by atoms with Gasteiger partial charge in [0.1, 0.15) is 0 Å². The molecule has 0 radical (unpaired) electrons. The minimum absolute atomic E-state index is 0.0738. The van der Waals surface area contributed by atoms with Crippen LogP contribution in [0.4, 0.5) is 0 Å². The first-order valence-corrected chi connectivity index (χ1v) is 12.2. The molecule has 0 aromatic heterocycles. The first-order chi connectivity index (χ1) is 14.2. The van der Waals surface area contributed by atoms with E-state index in [1.165, 1.54) is 25.7 Å². The third kappa shape index (κ3) is 6.14. The van der Waals surface area contributed by atoms with Gasteiger partial charge in [-0.15, -0.1) is 0 Å². The molecular formula is C22H30BrN3O3S. The number of nitrogens with one attached hydrogen (secondary N) is 1. The number of amides is 1. The molecule has 0 saturated carbocycles. The number of sulfonamides is 1. The van der Waals surface area contributed by atoms with Gasteiger partial charge in [0.25, 0.3) is 5.91 Å². The lowest BCUT2D eigenvalue weighted by Crippen LogP contribution is -2.45. The summed E-state index contributed by atoms with van der Waals surface area (Å²) in [5, 5.41) is 2.99. The van der Waals surface area contributed by atoms with Crippen molar-refractivity contribution in [2.24, 2.45) is 0 Å². The van der Waals surface area contributed by atoms with Crippen LogP contribution in [0.25, 0.3) is 0 Å². The van der Waals surface area contributed by atoms with Gasteiger partial charge in [0.15, 0.2) is 0 Å². The molecule has 2 aromatic rings. The van der Waals surface area contributed by atoms with Crippen molar-refractivity contribution in [2.75, 3.05) is 33.7 Å². The van der Waals surface area contributed by atoms with Gasteiger partial charge in [-0.1, -0.05) is 44.2 Å². The Hall–Kier alpha value is -1.74. The predicted octanol–water partition coefficient (Wildman–Crippen LogP) is 3.38. The summed E-state index contributed by atoms with van der Waals surface area (Å²) in [6, 6.07) is 15.0. The van der Waals surface area contributed by atoms with Crippen LogP contribution in [0.2, 0.25) is 0 Å². The molecule has 0 bridgehead atoms. The Kier molecular flexibility index (Phi) is 9.03. The third-order valence-corrected chi connectivity index (χ3v) is 7.90. The molecule has 0 aliphatic rings. The SMILES string of the molecule is CCN(CC)C(CNC(=O)c1ccc(Br)c(S(=O)(=O)N(C)C)c1)Cc1ccccc1. The predicted molar refractivity (Wildman–Crippen MR) is 124 cm³/mol. The van der Waals surface area contributed by atoms with E-state index in [4.69, 9.17) is 0 Å². The number of halogens is 1. The number of nitrogens with zero attached hydrogens (tertiary/aromatic N) is 2. The van der Waals surface area contributed by atoms with Crippen LogP contribution in [0.15, 0.2) is 57.9 Å². The van der Waals surface area contributed by atoms with Crippen LogP contribution in [0, 0.1) is 0 Å². The van der Waals surface area contributed by atoms with E-state index >= 15 is 0 Å². The van der Waals surface area contributed by atoms with Crippen molar-refractivity contribution in [1.82, 2.24) is 14.5 Å². The Morgan fingerprint density at radius 2 is 1.70 bits per heavy atom. The summed E-state index contributed by atoms with van der Waals surface area (Å²) < 4.78 is 26.6. The Morgan fingerprint density at radius 1 is 1.07 bits per heavy atom. The number of likely N-dealkylation sites (N-methyl/N-ethyl adjacent to an activating group) is 1. The molecule has 164 valence electrons. The second-order valence-corrected chi connectivity index (χ2v) is 10.2. The summed E-state index contributed by atoms with van der Waals surface area (Å²) in [6.45, 7) is 6.45. The summed E-state index contributed by atoms with van der Waals surface area (Å²) in [5.41, 5.74) is 1.53. The maximum atomic E-state index is 12.8. The Morgan fingerprint density at radius 3 is 2.27 bits per heavy atom. The highest BCUT2D eigenvalue weighted by atomic mass is 79.9. The Bertz CT molecular complexity index is 945. The van der Waals surface area contributed by atoms with E-state index in [2.05, 4.69) is 52.1 Å². The monoisotopic (exact) mass is 495 g/mol. The average molecular weight is 496 g/mol. The van der Waals surface area contributed by atoms with Crippen LogP contribution in [0.3, 0.4) is 0 Å². The molecule has 1 N–H and O–H groups in total. The van der Waals surface area contributed by atoms with Crippen molar-refractivity contribution < 1.29 is 13.2 Å². The Balaban J connectivity index is 2.19. The van der Waals surface area contributed by atoms with E-state index < -0.39 is 10.0 Å². The van der Waals surface area contributed by atoms with Gasteiger partial charge in [-0.25, -0.2) is 12.7 Å². The van der Waals surface area contributed by atoms with Gasteiger partial charge in [-0.05, 0) is 59.2 Å². The number of rotatable bonds is 10. The fourth-order valence-corrected chi connectivity index (χ4v) is 5.15. The summed E-state index contributed by atoms with van der Waals surface area (Å²) >= 11 is 3.28. The van der Waals surface area contributed by atoms with E-state index in [0.29, 0.717) is 16.6 Å². The third-order valence-electron chi connectivity index (χ3n) is 5.09. The van der Waals surface area contributed by atoms with E-state index in [-0.39, 0.29) is 16.8 Å². The molecule has 0 aliphatic carbocycles. The summed E-state index contributed by atoms with van der Waals surface area (Å²) in [5.74, 6) is -0.289. The largest absolute Gasteiger partial charge is 0.350 e. The van der Waals surface area contributed by atoms with Crippen LogP contribution < -0.4 is 5.32 Å². The molecule has 0 saturated heterocycles. The maximum absolute atomic E-state index is 12.8. The highest BCUT2D eigenvalue weighted by Crippen LogP contribution is 2.25. The normalized spacial score (nSPS) is 12.9. The molecule has 2 aromatic carbocycles. The Labute approximate surface area is 188 Å². The molecule has 0 heterocycles. The van der Waals surface area contributed by atoms with Crippen LogP contribution in [0.1, 0.15) is 29.8 Å². The minimum atomic E-state index is -3.66. The maximum Gasteiger partial charge on any atom is 0.251 e. The van der Waals surface area contributed by atoms with Crippen LogP contribution in [-0.2, 0) is 16.4 Å². The number of carbonyl (C=O) groups excluding carboxylic acids is 1. The zero-order chi connectivity index (χ0) is 22.3. The number of hydrogen-bond donors (Lipinski definition) is 1. The van der Waals surface area contributed by atoms with Gasteiger partial charge >= 0.3 is 0 Å². The van der Waals surface area contributed by atoms with Crippen molar-refractivity contribution in [3.05, 3.63) is 64.1 Å². The molecule has 0 aliphatic heterocycles. The molecule has 30 heavy (non-hydrogen) atoms. The summed E-state index contributed by atoms with van der Waals surface area (Å²) in [4.78, 5) is 15.2. The number of hydrogen-bond acceptors (Lipinski definition) is 4. The molecule has 0 fully saturated rings. The van der Waals surface area contributed by atoms with E-state index in [0.717, 1.165) is 23.8 Å². The molecule has 1 amide bonds. The molecule has 1 unspecified atom stereocenters. The molecule has 0 spiro atoms. The molecule has 2 rings (SSSR count). The minimum Gasteiger partial charge on any atom is -0.350 e. The van der Waals surface area contributed by atoms with Crippen molar-refractivity contribution >= 4 is 31.9 Å². The fourth-order valence-electron chi connectivity index (χ4n) is 3.31. The first-order valence-electron chi connectivity index (χ1n) is 9.98. The average Bonchev–Trinajstić information content (AvgIpc) is 2.73. The van der Waals surface area contributed by atoms with Crippen LogP contribution in [0.5, 0.6) is 0 Å². The highest BCUT2D eigenvalue weighted by Gasteiger charge is 2.23. The van der Waals surface area contributed by atoms with E-state index in [1.807, 2.05) is 18.2 Å². The standard InChI is InChI=1S/C22H30BrN3O3S/c1-5-26(6-2)19(14-17-10-8-7-9-11-17)16-24-22(27)18-12-13-20(23)21(15-18)30(28,29)25(3)4/h7-13,15,19H,5-6,14,16H2,1-4H3,(H,24,27). The van der Waals surface area contributed by atoms with E-state index in [9.17, 15) is 13.2 Å². The zero-order valence-electron chi connectivity index (χ0n) is 17.9. The smallest absolute Gasteiger partial charge is 0.251 e. The lowest BCUT2D eigenvalue weighted by atomic mass is 10.0. The molecule has 1 atom stereocenters. The van der Waals surface area contributed by atoms with Crippen LogP contribution in [-0.4, -0.2) is 63.3 Å². The molecule has 6 nitrogen and oxygen atoms in total. The summed E-state index contributed by atoms with van der Waals surface area (Å²) in [6.07, 6.45) is 0.823. The van der Waals surface area contributed by atoms with Crippen molar-refractivity contribution in [3.63, 3.8) is 0 Å².